The molecule has 0 fully saturated rings. The van der Waals surface area contributed by atoms with Gasteiger partial charge in [-0.15, -0.1) is 0 Å². The summed E-state index contributed by atoms with van der Waals surface area (Å²) in [5, 5.41) is -1.78. The van der Waals surface area contributed by atoms with Crippen LogP contribution in [0.25, 0.3) is 0 Å². The van der Waals surface area contributed by atoms with E-state index >= 15 is 0 Å². The number of alkyl halides is 3. The van der Waals surface area contributed by atoms with Crippen molar-refractivity contribution in [3.8, 4) is 0 Å². The number of carbonyl (C=O) groups is 1. The predicted octanol–water partition coefficient (Wildman–Crippen LogP) is 3.50. The van der Waals surface area contributed by atoms with Crippen LogP contribution in [0, 0.1) is 17.5 Å². The third kappa shape index (κ3) is 2.13. The van der Waals surface area contributed by atoms with Crippen LogP contribution in [0.1, 0.15) is 15.9 Å². The summed E-state index contributed by atoms with van der Waals surface area (Å²) in [5.41, 5.74) is -3.98. The van der Waals surface area contributed by atoms with E-state index in [1.807, 2.05) is 0 Å². The van der Waals surface area contributed by atoms with Crippen molar-refractivity contribution < 1.29 is 31.1 Å². The smallest absolute Gasteiger partial charge is 0.275 e. The fraction of sp³-hybridized carbons (Fsp3) is 0.125. The maximum atomic E-state index is 13.0. The van der Waals surface area contributed by atoms with E-state index in [-0.39, 0.29) is 6.07 Å². The zero-order valence-electron chi connectivity index (χ0n) is 7.13. The molecule has 1 rings (SSSR count). The van der Waals surface area contributed by atoms with Crippen molar-refractivity contribution in [3.05, 3.63) is 34.6 Å². The number of benzene rings is 1. The van der Waals surface area contributed by atoms with Crippen LogP contribution in [0.2, 0.25) is 0 Å². The fourth-order valence-corrected chi connectivity index (χ4v) is 1.20. The topological polar surface area (TPSA) is 17.1 Å². The second-order valence-electron chi connectivity index (χ2n) is 2.68. The second kappa shape index (κ2) is 3.97. The summed E-state index contributed by atoms with van der Waals surface area (Å²) in [6.45, 7) is 0. The molecule has 0 spiro atoms. The highest BCUT2D eigenvalue weighted by Gasteiger charge is 2.40. The number of hydrogen-bond acceptors (Lipinski definition) is 1. The molecule has 0 saturated carbocycles. The molecule has 16 heavy (non-hydrogen) atoms. The van der Waals surface area contributed by atoms with Gasteiger partial charge in [0.15, 0.2) is 5.82 Å². The van der Waals surface area contributed by atoms with Gasteiger partial charge >= 0.3 is 6.18 Å². The van der Waals surface area contributed by atoms with Gasteiger partial charge in [-0.25, -0.2) is 13.2 Å². The lowest BCUT2D eigenvalue weighted by molar-refractivity contribution is -0.142. The molecule has 8 heteroatoms. The first-order chi connectivity index (χ1) is 7.16. The predicted molar refractivity (Wildman–Crippen MR) is 41.5 cm³/mol. The van der Waals surface area contributed by atoms with Crippen LogP contribution in [0.15, 0.2) is 6.07 Å². The highest BCUT2D eigenvalue weighted by atomic mass is 35.5. The average molecular weight is 263 g/mol. The van der Waals surface area contributed by atoms with Gasteiger partial charge in [0, 0.05) is 6.07 Å². The van der Waals surface area contributed by atoms with Crippen molar-refractivity contribution in [1.29, 1.82) is 0 Å². The minimum Gasteiger partial charge on any atom is -0.275 e. The second-order valence-corrected chi connectivity index (χ2v) is 3.02. The van der Waals surface area contributed by atoms with Gasteiger partial charge in [0.05, 0.1) is 0 Å². The minimum atomic E-state index is -5.39. The van der Waals surface area contributed by atoms with E-state index in [1.54, 1.807) is 0 Å². The Morgan fingerprint density at radius 1 is 1.12 bits per heavy atom. The Balaban J connectivity index is 3.65. The van der Waals surface area contributed by atoms with Crippen LogP contribution in [-0.2, 0) is 6.18 Å². The van der Waals surface area contributed by atoms with Crippen molar-refractivity contribution in [2.45, 2.75) is 6.18 Å². The summed E-state index contributed by atoms with van der Waals surface area (Å²) in [5.74, 6) is -6.29. The maximum absolute atomic E-state index is 13.0. The molecule has 1 aromatic rings. The lowest BCUT2D eigenvalue weighted by Crippen LogP contribution is -2.15. The highest BCUT2D eigenvalue weighted by molar-refractivity contribution is 6.67. The first kappa shape index (κ1) is 12.8. The molecule has 0 N–H and O–H groups in total. The van der Waals surface area contributed by atoms with Gasteiger partial charge in [-0.05, 0) is 11.6 Å². The zero-order valence-corrected chi connectivity index (χ0v) is 7.89. The Hall–Kier alpha value is -1.24. The summed E-state index contributed by atoms with van der Waals surface area (Å²) in [4.78, 5) is 10.5. The molecule has 0 bridgehead atoms. The number of halogens is 7. The summed E-state index contributed by atoms with van der Waals surface area (Å²) in [6, 6.07) is -0.248. The van der Waals surface area contributed by atoms with Gasteiger partial charge in [-0.2, -0.15) is 13.2 Å². The normalized spacial score (nSPS) is 11.7. The van der Waals surface area contributed by atoms with E-state index < -0.39 is 40.0 Å². The van der Waals surface area contributed by atoms with Crippen molar-refractivity contribution in [2.75, 3.05) is 0 Å². The van der Waals surface area contributed by atoms with E-state index in [0.29, 0.717) is 0 Å². The molecular formula is C8HClF6O. The number of rotatable bonds is 1. The molecule has 0 radical (unpaired) electrons. The third-order valence-corrected chi connectivity index (χ3v) is 1.84. The quantitative estimate of drug-likeness (QED) is 0.559. The first-order valence-corrected chi connectivity index (χ1v) is 3.98. The first-order valence-electron chi connectivity index (χ1n) is 3.60. The minimum absolute atomic E-state index is 0.248. The van der Waals surface area contributed by atoms with E-state index in [9.17, 15) is 31.1 Å². The summed E-state index contributed by atoms with van der Waals surface area (Å²) >= 11 is 4.68. The SMILES string of the molecule is O=C(Cl)c1c(F)cc(F)c(C(F)(F)F)c1F. The Kier molecular flexibility index (Phi) is 3.18. The van der Waals surface area contributed by atoms with Crippen LogP contribution in [0.3, 0.4) is 0 Å². The Morgan fingerprint density at radius 3 is 2.00 bits per heavy atom. The maximum Gasteiger partial charge on any atom is 0.422 e. The van der Waals surface area contributed by atoms with E-state index in [1.165, 1.54) is 0 Å². The standard InChI is InChI=1S/C8HClF6O/c9-7(16)4-2(10)1-3(11)5(6(4)12)8(13,14)15/h1H. The van der Waals surface area contributed by atoms with Crippen LogP contribution in [-0.4, -0.2) is 5.24 Å². The number of carbonyl (C=O) groups excluding carboxylic acids is 1. The molecule has 0 aliphatic heterocycles. The van der Waals surface area contributed by atoms with Gasteiger partial charge in [0.2, 0.25) is 0 Å². The van der Waals surface area contributed by atoms with Gasteiger partial charge in [-0.3, -0.25) is 4.79 Å². The van der Waals surface area contributed by atoms with Gasteiger partial charge in [0.25, 0.3) is 5.24 Å². The fourth-order valence-electron chi connectivity index (χ4n) is 1.03. The van der Waals surface area contributed by atoms with Gasteiger partial charge in [-0.1, -0.05) is 0 Å². The molecule has 1 nitrogen and oxygen atoms in total. The zero-order chi connectivity index (χ0) is 12.7. The highest BCUT2D eigenvalue weighted by Crippen LogP contribution is 2.35. The molecule has 0 aliphatic rings. The summed E-state index contributed by atoms with van der Waals surface area (Å²) < 4.78 is 74.9. The van der Waals surface area contributed by atoms with Crippen LogP contribution in [0.5, 0.6) is 0 Å². The van der Waals surface area contributed by atoms with Crippen molar-refractivity contribution >= 4 is 16.8 Å². The van der Waals surface area contributed by atoms with E-state index in [4.69, 9.17) is 0 Å². The molecule has 0 aromatic heterocycles. The average Bonchev–Trinajstić information content (AvgIpc) is 1.97. The molecule has 0 atom stereocenters. The van der Waals surface area contributed by atoms with Crippen molar-refractivity contribution in [1.82, 2.24) is 0 Å². The molecular weight excluding hydrogens is 262 g/mol. The Morgan fingerprint density at radius 2 is 1.62 bits per heavy atom. The molecule has 0 amide bonds. The summed E-state index contributed by atoms with van der Waals surface area (Å²) in [7, 11) is 0. The van der Waals surface area contributed by atoms with Crippen molar-refractivity contribution in [3.63, 3.8) is 0 Å². The molecule has 0 saturated heterocycles. The van der Waals surface area contributed by atoms with Gasteiger partial charge < -0.3 is 0 Å². The molecule has 0 heterocycles. The largest absolute Gasteiger partial charge is 0.422 e. The monoisotopic (exact) mass is 262 g/mol. The lowest BCUT2D eigenvalue weighted by Gasteiger charge is -2.11. The van der Waals surface area contributed by atoms with Crippen LogP contribution >= 0.6 is 11.6 Å². The lowest BCUT2D eigenvalue weighted by atomic mass is 10.1. The Bertz CT molecular complexity index is 453. The van der Waals surface area contributed by atoms with Crippen LogP contribution in [0.4, 0.5) is 26.3 Å². The third-order valence-electron chi connectivity index (χ3n) is 1.65. The van der Waals surface area contributed by atoms with E-state index in [2.05, 4.69) is 11.6 Å². The molecule has 0 aliphatic carbocycles. The van der Waals surface area contributed by atoms with Crippen molar-refractivity contribution in [2.24, 2.45) is 0 Å². The molecule has 0 unspecified atom stereocenters. The molecule has 1 aromatic carbocycles. The van der Waals surface area contributed by atoms with E-state index in [0.717, 1.165) is 0 Å². The summed E-state index contributed by atoms with van der Waals surface area (Å²) in [6.07, 6.45) is -5.39. The van der Waals surface area contributed by atoms with Gasteiger partial charge in [0.1, 0.15) is 22.8 Å². The Labute approximate surface area is 89.6 Å². The van der Waals surface area contributed by atoms with Crippen LogP contribution < -0.4 is 0 Å². The molecule has 88 valence electrons. The number of hydrogen-bond donors (Lipinski definition) is 0.